The Hall–Kier alpha value is -3.36. The summed E-state index contributed by atoms with van der Waals surface area (Å²) in [5.74, 6) is -2.04. The fourth-order valence-electron chi connectivity index (χ4n) is 2.74. The van der Waals surface area contributed by atoms with Gasteiger partial charge in [-0.15, -0.1) is 0 Å². The third-order valence-electron chi connectivity index (χ3n) is 4.02. The summed E-state index contributed by atoms with van der Waals surface area (Å²) < 4.78 is 14.9. The van der Waals surface area contributed by atoms with Crippen molar-refractivity contribution < 1.29 is 33.4 Å². The lowest BCUT2D eigenvalue weighted by molar-refractivity contribution is -0.197. The number of likely N-dealkylation sites (tertiary alicyclic amines) is 1. The lowest BCUT2D eigenvalue weighted by Gasteiger charge is -2.48. The van der Waals surface area contributed by atoms with E-state index >= 15 is 0 Å². The maximum atomic E-state index is 12.5. The number of alkyl carbamates (subject to hydrolysis) is 1. The minimum atomic E-state index is -1.19. The molecule has 1 aromatic carbocycles. The number of hydrogen-bond acceptors (Lipinski definition) is 7. The van der Waals surface area contributed by atoms with Crippen molar-refractivity contribution in [2.75, 3.05) is 7.11 Å². The number of carbonyl (C=O) groups excluding carboxylic acids is 4. The number of amides is 2. The van der Waals surface area contributed by atoms with Gasteiger partial charge in [-0.05, 0) is 18.1 Å². The SMILES string of the molecule is C=C(C)C(C(=O)OC)N1C(=O)[C@@H](NC(=O)OCc2ccccc2)[C@@H]1OC(C)=O. The Morgan fingerprint density at radius 3 is 2.39 bits per heavy atom. The lowest BCUT2D eigenvalue weighted by Crippen LogP contribution is -2.75. The molecule has 0 spiro atoms. The van der Waals surface area contributed by atoms with E-state index in [1.54, 1.807) is 24.3 Å². The predicted molar refractivity (Wildman–Crippen MR) is 96.6 cm³/mol. The summed E-state index contributed by atoms with van der Waals surface area (Å²) in [6.45, 7) is 6.37. The van der Waals surface area contributed by atoms with Crippen molar-refractivity contribution in [3.05, 3.63) is 48.0 Å². The first-order valence-electron chi connectivity index (χ1n) is 8.46. The molecule has 0 aromatic heterocycles. The van der Waals surface area contributed by atoms with Gasteiger partial charge in [0.1, 0.15) is 6.61 Å². The Bertz CT molecular complexity index is 778. The van der Waals surface area contributed by atoms with E-state index in [0.29, 0.717) is 5.57 Å². The predicted octanol–water partition coefficient (Wildman–Crippen LogP) is 1.13. The molecule has 0 bridgehead atoms. The van der Waals surface area contributed by atoms with Crippen LogP contribution in [0, 0.1) is 0 Å². The van der Waals surface area contributed by atoms with Crippen LogP contribution in [0.1, 0.15) is 19.4 Å². The molecule has 1 aliphatic heterocycles. The zero-order valence-corrected chi connectivity index (χ0v) is 15.8. The van der Waals surface area contributed by atoms with E-state index in [4.69, 9.17) is 9.47 Å². The van der Waals surface area contributed by atoms with E-state index in [1.807, 2.05) is 6.07 Å². The average molecular weight is 390 g/mol. The highest BCUT2D eigenvalue weighted by atomic mass is 16.6. The summed E-state index contributed by atoms with van der Waals surface area (Å²) in [5.41, 5.74) is 1.09. The Kier molecular flexibility index (Phi) is 6.75. The van der Waals surface area contributed by atoms with Gasteiger partial charge in [0.05, 0.1) is 7.11 Å². The van der Waals surface area contributed by atoms with Crippen molar-refractivity contribution in [1.29, 1.82) is 0 Å². The van der Waals surface area contributed by atoms with E-state index in [9.17, 15) is 19.2 Å². The molecule has 2 amide bonds. The van der Waals surface area contributed by atoms with Crippen LogP contribution in [0.15, 0.2) is 42.5 Å². The highest BCUT2D eigenvalue weighted by molar-refractivity contribution is 5.96. The Morgan fingerprint density at radius 2 is 1.86 bits per heavy atom. The van der Waals surface area contributed by atoms with Gasteiger partial charge in [0, 0.05) is 6.92 Å². The minimum absolute atomic E-state index is 0.00603. The van der Waals surface area contributed by atoms with Crippen LogP contribution in [0.5, 0.6) is 0 Å². The van der Waals surface area contributed by atoms with Crippen LogP contribution in [0.4, 0.5) is 4.79 Å². The number of ether oxygens (including phenoxy) is 3. The smallest absolute Gasteiger partial charge is 0.408 e. The van der Waals surface area contributed by atoms with Crippen LogP contribution in [0.3, 0.4) is 0 Å². The minimum Gasteiger partial charge on any atom is -0.467 e. The van der Waals surface area contributed by atoms with Gasteiger partial charge < -0.3 is 19.5 Å². The van der Waals surface area contributed by atoms with Crippen molar-refractivity contribution in [3.8, 4) is 0 Å². The molecule has 1 heterocycles. The first-order chi connectivity index (χ1) is 13.3. The second-order valence-electron chi connectivity index (χ2n) is 6.20. The second-order valence-corrected chi connectivity index (χ2v) is 6.20. The van der Waals surface area contributed by atoms with Gasteiger partial charge in [0.2, 0.25) is 6.23 Å². The molecule has 3 atom stereocenters. The van der Waals surface area contributed by atoms with Crippen LogP contribution in [-0.2, 0) is 35.2 Å². The number of nitrogens with one attached hydrogen (secondary N) is 1. The largest absolute Gasteiger partial charge is 0.467 e. The molecule has 0 aliphatic carbocycles. The van der Waals surface area contributed by atoms with Crippen LogP contribution >= 0.6 is 0 Å². The van der Waals surface area contributed by atoms with Gasteiger partial charge >= 0.3 is 18.0 Å². The van der Waals surface area contributed by atoms with Crippen molar-refractivity contribution in [2.24, 2.45) is 0 Å². The number of rotatable bonds is 7. The second kappa shape index (κ2) is 9.03. The van der Waals surface area contributed by atoms with Gasteiger partial charge in [-0.1, -0.05) is 36.9 Å². The molecule has 1 saturated heterocycles. The molecule has 1 N–H and O–H groups in total. The molecule has 2 rings (SSSR count). The van der Waals surface area contributed by atoms with E-state index < -0.39 is 42.3 Å². The quantitative estimate of drug-likeness (QED) is 0.321. The number of β-lactam (4-membered cyclic amide) rings is 1. The number of methoxy groups -OCH3 is 1. The first-order valence-corrected chi connectivity index (χ1v) is 8.46. The lowest BCUT2D eigenvalue weighted by atomic mass is 9.97. The van der Waals surface area contributed by atoms with Gasteiger partial charge in [-0.2, -0.15) is 0 Å². The highest BCUT2D eigenvalue weighted by Gasteiger charge is 2.56. The van der Waals surface area contributed by atoms with Crippen molar-refractivity contribution >= 4 is 23.9 Å². The monoisotopic (exact) mass is 390 g/mol. The fraction of sp³-hybridized carbons (Fsp3) is 0.368. The van der Waals surface area contributed by atoms with Crippen LogP contribution < -0.4 is 5.32 Å². The van der Waals surface area contributed by atoms with E-state index in [0.717, 1.165) is 17.4 Å². The number of esters is 2. The highest BCUT2D eigenvalue weighted by Crippen LogP contribution is 2.28. The molecule has 0 saturated carbocycles. The molecule has 1 aromatic rings. The normalized spacial score (nSPS) is 19.1. The first kappa shape index (κ1) is 20.9. The zero-order chi connectivity index (χ0) is 20.8. The van der Waals surface area contributed by atoms with E-state index in [1.165, 1.54) is 14.0 Å². The van der Waals surface area contributed by atoms with Crippen LogP contribution in [0.25, 0.3) is 0 Å². The standard InChI is InChI=1S/C19H22N2O7/c1-11(2)15(18(24)26-4)21-16(23)14(17(21)28-12(3)22)20-19(25)27-10-13-8-6-5-7-9-13/h5-9,14-15,17H,1,10H2,2-4H3,(H,20,25)/t14-,15?,17+/m1/s1. The molecule has 1 unspecified atom stereocenters. The van der Waals surface area contributed by atoms with E-state index in [2.05, 4.69) is 16.6 Å². The Morgan fingerprint density at radius 1 is 1.21 bits per heavy atom. The van der Waals surface area contributed by atoms with Crippen molar-refractivity contribution in [1.82, 2.24) is 10.2 Å². The van der Waals surface area contributed by atoms with Crippen molar-refractivity contribution in [2.45, 2.75) is 38.8 Å². The number of carbonyl (C=O) groups is 4. The summed E-state index contributed by atoms with van der Waals surface area (Å²) in [6.07, 6.45) is -2.04. The molecule has 1 aliphatic rings. The topological polar surface area (TPSA) is 111 Å². The molecule has 9 heteroatoms. The van der Waals surface area contributed by atoms with E-state index in [-0.39, 0.29) is 6.61 Å². The Labute approximate surface area is 162 Å². The molecule has 1 fully saturated rings. The van der Waals surface area contributed by atoms with Gasteiger partial charge in [-0.25, -0.2) is 9.59 Å². The zero-order valence-electron chi connectivity index (χ0n) is 15.8. The molecule has 150 valence electrons. The van der Waals surface area contributed by atoms with Gasteiger partial charge in [-0.3, -0.25) is 14.5 Å². The van der Waals surface area contributed by atoms with Crippen LogP contribution in [-0.4, -0.2) is 54.3 Å². The number of benzene rings is 1. The number of nitrogens with zero attached hydrogens (tertiary/aromatic N) is 1. The summed E-state index contributed by atoms with van der Waals surface area (Å²) in [4.78, 5) is 49.1. The third-order valence-corrected chi connectivity index (χ3v) is 4.02. The molecule has 9 nitrogen and oxygen atoms in total. The van der Waals surface area contributed by atoms with Gasteiger partial charge in [0.15, 0.2) is 12.1 Å². The Balaban J connectivity index is 2.07. The molecule has 0 radical (unpaired) electrons. The maximum absolute atomic E-state index is 12.5. The number of hydrogen-bond donors (Lipinski definition) is 1. The van der Waals surface area contributed by atoms with Gasteiger partial charge in [0.25, 0.3) is 5.91 Å². The molecular formula is C19H22N2O7. The maximum Gasteiger partial charge on any atom is 0.408 e. The third kappa shape index (κ3) is 4.67. The molecular weight excluding hydrogens is 368 g/mol. The summed E-state index contributed by atoms with van der Waals surface area (Å²) in [6, 6.07) is 6.65. The summed E-state index contributed by atoms with van der Waals surface area (Å²) in [7, 11) is 1.17. The summed E-state index contributed by atoms with van der Waals surface area (Å²) in [5, 5.41) is 2.36. The average Bonchev–Trinajstić information content (AvgIpc) is 2.67. The van der Waals surface area contributed by atoms with Crippen LogP contribution in [0.2, 0.25) is 0 Å². The summed E-state index contributed by atoms with van der Waals surface area (Å²) >= 11 is 0. The molecule has 28 heavy (non-hydrogen) atoms. The fourth-order valence-corrected chi connectivity index (χ4v) is 2.74. The van der Waals surface area contributed by atoms with Crippen molar-refractivity contribution in [3.63, 3.8) is 0 Å².